The highest BCUT2D eigenvalue weighted by molar-refractivity contribution is 6.29. The third-order valence-electron chi connectivity index (χ3n) is 3.00. The van der Waals surface area contributed by atoms with Crippen molar-refractivity contribution in [1.82, 2.24) is 9.88 Å². The number of rotatable bonds is 5. The number of hydrogen-bond donors (Lipinski definition) is 0. The maximum absolute atomic E-state index is 12.1. The van der Waals surface area contributed by atoms with Gasteiger partial charge in [-0.1, -0.05) is 35.4 Å². The molecule has 1 aromatic heterocycles. The molecule has 0 saturated heterocycles. The predicted octanol–water partition coefficient (Wildman–Crippen LogP) is 3.19. The molecule has 0 N–H and O–H groups in total. The third-order valence-corrected chi connectivity index (χ3v) is 3.21. The number of likely N-dealkylation sites (N-methyl/N-ethyl adjacent to an activating group) is 1. The zero-order valence-electron chi connectivity index (χ0n) is 12.0. The summed E-state index contributed by atoms with van der Waals surface area (Å²) in [6.45, 7) is 2.92. The van der Waals surface area contributed by atoms with E-state index in [2.05, 4.69) is 4.98 Å². The molecule has 0 bridgehead atoms. The standard InChI is InChI=1S/C16H17ClN2O2/c1-12-6-8-13(9-7-12)21-11-10-19(2)16(20)14-4-3-5-15(17)18-14/h3-9H,10-11H2,1-2H3. The molecular weight excluding hydrogens is 288 g/mol. The summed E-state index contributed by atoms with van der Waals surface area (Å²) in [6, 6.07) is 12.8. The van der Waals surface area contributed by atoms with E-state index in [1.54, 1.807) is 30.1 Å². The second-order valence-electron chi connectivity index (χ2n) is 4.73. The van der Waals surface area contributed by atoms with Gasteiger partial charge in [-0.15, -0.1) is 0 Å². The molecule has 2 aromatic rings. The lowest BCUT2D eigenvalue weighted by Gasteiger charge is -2.17. The summed E-state index contributed by atoms with van der Waals surface area (Å²) < 4.78 is 5.60. The first-order valence-electron chi connectivity index (χ1n) is 6.64. The molecule has 0 atom stereocenters. The average molecular weight is 305 g/mol. The third kappa shape index (κ3) is 4.46. The lowest BCUT2D eigenvalue weighted by molar-refractivity contribution is 0.0768. The molecule has 21 heavy (non-hydrogen) atoms. The van der Waals surface area contributed by atoms with Crippen molar-refractivity contribution in [2.24, 2.45) is 0 Å². The van der Waals surface area contributed by atoms with Crippen LogP contribution in [-0.4, -0.2) is 36.0 Å². The number of nitrogens with zero attached hydrogens (tertiary/aromatic N) is 2. The zero-order chi connectivity index (χ0) is 15.2. The fraction of sp³-hybridized carbons (Fsp3) is 0.250. The molecule has 0 aliphatic carbocycles. The normalized spacial score (nSPS) is 10.2. The first kappa shape index (κ1) is 15.3. The number of aromatic nitrogens is 1. The number of halogens is 1. The molecule has 1 aromatic carbocycles. The molecule has 0 aliphatic rings. The van der Waals surface area contributed by atoms with Crippen LogP contribution in [0, 0.1) is 6.92 Å². The SMILES string of the molecule is Cc1ccc(OCCN(C)C(=O)c2cccc(Cl)n2)cc1. The molecule has 5 heteroatoms. The fourth-order valence-electron chi connectivity index (χ4n) is 1.76. The largest absolute Gasteiger partial charge is 0.492 e. The van der Waals surface area contributed by atoms with Gasteiger partial charge in [0.1, 0.15) is 23.2 Å². The van der Waals surface area contributed by atoms with E-state index in [9.17, 15) is 4.79 Å². The summed E-state index contributed by atoms with van der Waals surface area (Å²) in [5.41, 5.74) is 1.52. The highest BCUT2D eigenvalue weighted by Crippen LogP contribution is 2.11. The quantitative estimate of drug-likeness (QED) is 0.797. The molecule has 1 heterocycles. The minimum atomic E-state index is -0.176. The molecular formula is C16H17ClN2O2. The van der Waals surface area contributed by atoms with Crippen LogP contribution < -0.4 is 4.74 Å². The van der Waals surface area contributed by atoms with Crippen molar-refractivity contribution in [3.63, 3.8) is 0 Å². The average Bonchev–Trinajstić information content (AvgIpc) is 2.48. The van der Waals surface area contributed by atoms with E-state index in [-0.39, 0.29) is 5.91 Å². The van der Waals surface area contributed by atoms with Crippen LogP contribution in [0.5, 0.6) is 5.75 Å². The second kappa shape index (κ2) is 7.09. The molecule has 0 radical (unpaired) electrons. The molecule has 0 unspecified atom stereocenters. The molecule has 0 aliphatic heterocycles. The predicted molar refractivity (Wildman–Crippen MR) is 82.9 cm³/mol. The molecule has 2 rings (SSSR count). The van der Waals surface area contributed by atoms with Crippen LogP contribution in [0.15, 0.2) is 42.5 Å². The van der Waals surface area contributed by atoms with Crippen LogP contribution in [0.4, 0.5) is 0 Å². The van der Waals surface area contributed by atoms with Crippen molar-refractivity contribution in [3.8, 4) is 5.75 Å². The van der Waals surface area contributed by atoms with Gasteiger partial charge in [-0.25, -0.2) is 4.98 Å². The Morgan fingerprint density at radius 3 is 2.62 bits per heavy atom. The van der Waals surface area contributed by atoms with Crippen LogP contribution in [-0.2, 0) is 0 Å². The maximum atomic E-state index is 12.1. The first-order valence-corrected chi connectivity index (χ1v) is 7.01. The highest BCUT2D eigenvalue weighted by atomic mass is 35.5. The summed E-state index contributed by atoms with van der Waals surface area (Å²) in [5.74, 6) is 0.618. The van der Waals surface area contributed by atoms with E-state index in [0.29, 0.717) is 24.0 Å². The fourth-order valence-corrected chi connectivity index (χ4v) is 1.92. The summed E-state index contributed by atoms with van der Waals surface area (Å²) in [7, 11) is 1.71. The van der Waals surface area contributed by atoms with E-state index in [4.69, 9.17) is 16.3 Å². The Balaban J connectivity index is 1.85. The molecule has 110 valence electrons. The van der Waals surface area contributed by atoms with Gasteiger partial charge in [-0.05, 0) is 31.2 Å². The lowest BCUT2D eigenvalue weighted by atomic mass is 10.2. The lowest BCUT2D eigenvalue weighted by Crippen LogP contribution is -2.31. The molecule has 0 fully saturated rings. The van der Waals surface area contributed by atoms with Gasteiger partial charge in [0, 0.05) is 7.05 Å². The number of ether oxygens (including phenoxy) is 1. The Morgan fingerprint density at radius 2 is 1.95 bits per heavy atom. The Kier molecular flexibility index (Phi) is 5.17. The first-order chi connectivity index (χ1) is 10.1. The summed E-state index contributed by atoms with van der Waals surface area (Å²) in [4.78, 5) is 17.7. The second-order valence-corrected chi connectivity index (χ2v) is 5.12. The van der Waals surface area contributed by atoms with Crippen LogP contribution in [0.2, 0.25) is 5.15 Å². The van der Waals surface area contributed by atoms with E-state index in [1.165, 1.54) is 5.56 Å². The van der Waals surface area contributed by atoms with Crippen molar-refractivity contribution >= 4 is 17.5 Å². The molecule has 0 spiro atoms. The Labute approximate surface area is 129 Å². The van der Waals surface area contributed by atoms with E-state index < -0.39 is 0 Å². The van der Waals surface area contributed by atoms with Gasteiger partial charge >= 0.3 is 0 Å². The topological polar surface area (TPSA) is 42.4 Å². The van der Waals surface area contributed by atoms with Gasteiger partial charge in [0.2, 0.25) is 0 Å². The Hall–Kier alpha value is -2.07. The smallest absolute Gasteiger partial charge is 0.272 e. The number of carbonyl (C=O) groups is 1. The molecule has 4 nitrogen and oxygen atoms in total. The number of aryl methyl sites for hydroxylation is 1. The van der Waals surface area contributed by atoms with Gasteiger partial charge in [0.25, 0.3) is 5.91 Å². The van der Waals surface area contributed by atoms with Crippen LogP contribution >= 0.6 is 11.6 Å². The van der Waals surface area contributed by atoms with Gasteiger partial charge in [-0.3, -0.25) is 4.79 Å². The van der Waals surface area contributed by atoms with Crippen molar-refractivity contribution in [2.75, 3.05) is 20.2 Å². The van der Waals surface area contributed by atoms with Crippen LogP contribution in [0.3, 0.4) is 0 Å². The minimum absolute atomic E-state index is 0.176. The van der Waals surface area contributed by atoms with Gasteiger partial charge in [-0.2, -0.15) is 0 Å². The van der Waals surface area contributed by atoms with Crippen molar-refractivity contribution in [1.29, 1.82) is 0 Å². The van der Waals surface area contributed by atoms with E-state index >= 15 is 0 Å². The number of amides is 1. The number of pyridine rings is 1. The monoisotopic (exact) mass is 304 g/mol. The summed E-state index contributed by atoms with van der Waals surface area (Å²) in [6.07, 6.45) is 0. The molecule has 0 saturated carbocycles. The maximum Gasteiger partial charge on any atom is 0.272 e. The summed E-state index contributed by atoms with van der Waals surface area (Å²) >= 11 is 5.78. The van der Waals surface area contributed by atoms with Crippen molar-refractivity contribution < 1.29 is 9.53 Å². The summed E-state index contributed by atoms with van der Waals surface area (Å²) in [5, 5.41) is 0.310. The van der Waals surface area contributed by atoms with Crippen molar-refractivity contribution in [3.05, 3.63) is 58.9 Å². The number of benzene rings is 1. The number of carbonyl (C=O) groups excluding carboxylic acids is 1. The zero-order valence-corrected chi connectivity index (χ0v) is 12.8. The number of hydrogen-bond acceptors (Lipinski definition) is 3. The van der Waals surface area contributed by atoms with Gasteiger partial charge in [0.15, 0.2) is 0 Å². The van der Waals surface area contributed by atoms with E-state index in [1.807, 2.05) is 31.2 Å². The van der Waals surface area contributed by atoms with E-state index in [0.717, 1.165) is 5.75 Å². The molecule has 1 amide bonds. The minimum Gasteiger partial charge on any atom is -0.492 e. The highest BCUT2D eigenvalue weighted by Gasteiger charge is 2.13. The Morgan fingerprint density at radius 1 is 1.24 bits per heavy atom. The van der Waals surface area contributed by atoms with Gasteiger partial charge in [0.05, 0.1) is 6.54 Å². The van der Waals surface area contributed by atoms with Crippen molar-refractivity contribution in [2.45, 2.75) is 6.92 Å². The van der Waals surface area contributed by atoms with Crippen LogP contribution in [0.25, 0.3) is 0 Å². The Bertz CT molecular complexity index is 614. The van der Waals surface area contributed by atoms with Gasteiger partial charge < -0.3 is 9.64 Å². The van der Waals surface area contributed by atoms with Crippen LogP contribution in [0.1, 0.15) is 16.1 Å².